The van der Waals surface area contributed by atoms with E-state index < -0.39 is 5.97 Å². The Kier molecular flexibility index (Phi) is 2.87. The highest BCUT2D eigenvalue weighted by Gasteiger charge is 2.15. The van der Waals surface area contributed by atoms with Gasteiger partial charge in [0.15, 0.2) is 0 Å². The van der Waals surface area contributed by atoms with Crippen molar-refractivity contribution >= 4 is 17.3 Å². The van der Waals surface area contributed by atoms with Gasteiger partial charge in [0.2, 0.25) is 0 Å². The molecule has 5 nitrogen and oxygen atoms in total. The molecular weight excluding hydrogens is 254 g/mol. The summed E-state index contributed by atoms with van der Waals surface area (Å²) in [5.74, 6) is 0.0655. The van der Waals surface area contributed by atoms with Gasteiger partial charge < -0.3 is 10.5 Å². The van der Waals surface area contributed by atoms with Gasteiger partial charge in [-0.3, -0.25) is 0 Å². The summed E-state index contributed by atoms with van der Waals surface area (Å²) in [4.78, 5) is 11.6. The number of hydrogen-bond acceptors (Lipinski definition) is 4. The van der Waals surface area contributed by atoms with Gasteiger partial charge in [-0.05, 0) is 17.7 Å². The Hall–Kier alpha value is -2.82. The van der Waals surface area contributed by atoms with E-state index in [4.69, 9.17) is 10.5 Å². The monoisotopic (exact) mass is 267 g/mol. The molecule has 0 aliphatic carbocycles. The maximum absolute atomic E-state index is 11.6. The van der Waals surface area contributed by atoms with Gasteiger partial charge in [-0.25, -0.2) is 9.31 Å². The van der Waals surface area contributed by atoms with Crippen LogP contribution in [0, 0.1) is 0 Å². The first kappa shape index (κ1) is 12.2. The molecule has 0 saturated heterocycles. The lowest BCUT2D eigenvalue weighted by Gasteiger charge is -2.08. The SMILES string of the molecule is COC(=O)c1cnn2c(N)c(-c3ccccc3)ccc12. The lowest BCUT2D eigenvalue weighted by Crippen LogP contribution is -2.03. The van der Waals surface area contributed by atoms with Crippen LogP contribution in [-0.4, -0.2) is 22.7 Å². The third kappa shape index (κ3) is 1.80. The minimum Gasteiger partial charge on any atom is -0.465 e. The van der Waals surface area contributed by atoms with Crippen molar-refractivity contribution in [3.05, 3.63) is 54.2 Å². The van der Waals surface area contributed by atoms with Crippen LogP contribution in [0.4, 0.5) is 5.82 Å². The van der Waals surface area contributed by atoms with Gasteiger partial charge in [-0.2, -0.15) is 5.10 Å². The number of carbonyl (C=O) groups is 1. The van der Waals surface area contributed by atoms with Crippen LogP contribution in [0.25, 0.3) is 16.6 Å². The van der Waals surface area contributed by atoms with Crippen LogP contribution in [0.3, 0.4) is 0 Å². The Morgan fingerprint density at radius 3 is 2.65 bits per heavy atom. The van der Waals surface area contributed by atoms with Crippen LogP contribution >= 0.6 is 0 Å². The number of benzene rings is 1. The molecule has 0 atom stereocenters. The number of methoxy groups -OCH3 is 1. The van der Waals surface area contributed by atoms with Crippen LogP contribution in [0.5, 0.6) is 0 Å². The second-order valence-corrected chi connectivity index (χ2v) is 4.35. The number of nitrogens with zero attached hydrogens (tertiary/aromatic N) is 2. The molecule has 0 saturated carbocycles. The van der Waals surface area contributed by atoms with E-state index in [1.54, 1.807) is 4.52 Å². The quantitative estimate of drug-likeness (QED) is 0.724. The number of ether oxygens (including phenoxy) is 1. The Morgan fingerprint density at radius 1 is 1.20 bits per heavy atom. The van der Waals surface area contributed by atoms with E-state index in [1.165, 1.54) is 13.3 Å². The summed E-state index contributed by atoms with van der Waals surface area (Å²) < 4.78 is 6.27. The number of pyridine rings is 1. The first-order chi connectivity index (χ1) is 9.72. The number of anilines is 1. The molecule has 0 unspecified atom stereocenters. The second kappa shape index (κ2) is 4.70. The van der Waals surface area contributed by atoms with Crippen molar-refractivity contribution in [1.82, 2.24) is 9.61 Å². The Bertz CT molecular complexity index is 778. The smallest absolute Gasteiger partial charge is 0.341 e. The molecule has 0 radical (unpaired) electrons. The highest BCUT2D eigenvalue weighted by Crippen LogP contribution is 2.27. The van der Waals surface area contributed by atoms with Crippen molar-refractivity contribution in [2.45, 2.75) is 0 Å². The van der Waals surface area contributed by atoms with E-state index in [-0.39, 0.29) is 0 Å². The summed E-state index contributed by atoms with van der Waals surface area (Å²) in [6.45, 7) is 0. The molecular formula is C15H13N3O2. The first-order valence-corrected chi connectivity index (χ1v) is 6.12. The van der Waals surface area contributed by atoms with Crippen LogP contribution in [0.2, 0.25) is 0 Å². The molecule has 2 N–H and O–H groups in total. The van der Waals surface area contributed by atoms with E-state index in [0.717, 1.165) is 11.1 Å². The van der Waals surface area contributed by atoms with Gasteiger partial charge in [0.05, 0.1) is 18.8 Å². The summed E-state index contributed by atoms with van der Waals surface area (Å²) in [5, 5.41) is 4.16. The first-order valence-electron chi connectivity index (χ1n) is 6.12. The van der Waals surface area contributed by atoms with Gasteiger partial charge in [0, 0.05) is 5.56 Å². The Labute approximate surface area is 115 Å². The highest BCUT2D eigenvalue weighted by molar-refractivity contribution is 5.97. The topological polar surface area (TPSA) is 69.6 Å². The van der Waals surface area contributed by atoms with E-state index in [2.05, 4.69) is 5.10 Å². The van der Waals surface area contributed by atoms with E-state index in [9.17, 15) is 4.79 Å². The van der Waals surface area contributed by atoms with Crippen molar-refractivity contribution in [3.8, 4) is 11.1 Å². The minimum atomic E-state index is -0.424. The van der Waals surface area contributed by atoms with Gasteiger partial charge in [0.25, 0.3) is 0 Å². The average Bonchev–Trinajstić information content (AvgIpc) is 2.92. The lowest BCUT2D eigenvalue weighted by atomic mass is 10.1. The molecule has 0 aliphatic heterocycles. The molecule has 3 rings (SSSR count). The average molecular weight is 267 g/mol. The van der Waals surface area contributed by atoms with Crippen molar-refractivity contribution in [2.24, 2.45) is 0 Å². The maximum Gasteiger partial charge on any atom is 0.341 e. The third-order valence-electron chi connectivity index (χ3n) is 3.21. The second-order valence-electron chi connectivity index (χ2n) is 4.35. The largest absolute Gasteiger partial charge is 0.465 e. The molecule has 2 aromatic heterocycles. The molecule has 5 heteroatoms. The normalized spacial score (nSPS) is 10.7. The maximum atomic E-state index is 11.6. The zero-order valence-corrected chi connectivity index (χ0v) is 10.9. The number of fused-ring (bicyclic) bond motifs is 1. The van der Waals surface area contributed by atoms with E-state index in [0.29, 0.717) is 16.9 Å². The van der Waals surface area contributed by atoms with E-state index >= 15 is 0 Å². The number of hydrogen-bond donors (Lipinski definition) is 1. The fraction of sp³-hybridized carbons (Fsp3) is 0.0667. The summed E-state index contributed by atoms with van der Waals surface area (Å²) in [6, 6.07) is 13.5. The van der Waals surface area contributed by atoms with Gasteiger partial charge in [-0.1, -0.05) is 30.3 Å². The minimum absolute atomic E-state index is 0.402. The third-order valence-corrected chi connectivity index (χ3v) is 3.21. The predicted molar refractivity (Wildman–Crippen MR) is 76.4 cm³/mol. The molecule has 0 aliphatic rings. The van der Waals surface area contributed by atoms with Crippen LogP contribution in [0.15, 0.2) is 48.7 Å². The fourth-order valence-electron chi connectivity index (χ4n) is 2.20. The van der Waals surface area contributed by atoms with Crippen molar-refractivity contribution in [2.75, 3.05) is 12.8 Å². The lowest BCUT2D eigenvalue weighted by molar-refractivity contribution is 0.0603. The molecule has 0 fully saturated rings. The number of carbonyl (C=O) groups excluding carboxylic acids is 1. The molecule has 0 bridgehead atoms. The molecule has 2 heterocycles. The predicted octanol–water partition coefficient (Wildman–Crippen LogP) is 2.37. The number of rotatable bonds is 2. The van der Waals surface area contributed by atoms with Crippen molar-refractivity contribution in [1.29, 1.82) is 0 Å². The van der Waals surface area contributed by atoms with Crippen LogP contribution in [-0.2, 0) is 4.74 Å². The highest BCUT2D eigenvalue weighted by atomic mass is 16.5. The van der Waals surface area contributed by atoms with Gasteiger partial charge in [0.1, 0.15) is 11.4 Å². The van der Waals surface area contributed by atoms with Crippen molar-refractivity contribution in [3.63, 3.8) is 0 Å². The molecule has 100 valence electrons. The fourth-order valence-corrected chi connectivity index (χ4v) is 2.20. The van der Waals surface area contributed by atoms with Crippen LogP contribution in [0.1, 0.15) is 10.4 Å². The summed E-state index contributed by atoms with van der Waals surface area (Å²) >= 11 is 0. The Balaban J connectivity index is 2.20. The molecule has 0 amide bonds. The number of esters is 1. The molecule has 0 spiro atoms. The molecule has 1 aromatic carbocycles. The van der Waals surface area contributed by atoms with Gasteiger partial charge >= 0.3 is 5.97 Å². The zero-order valence-electron chi connectivity index (χ0n) is 10.9. The summed E-state index contributed by atoms with van der Waals surface area (Å²) in [6.07, 6.45) is 1.46. The van der Waals surface area contributed by atoms with Gasteiger partial charge in [-0.15, -0.1) is 0 Å². The Morgan fingerprint density at radius 2 is 1.95 bits per heavy atom. The van der Waals surface area contributed by atoms with E-state index in [1.807, 2.05) is 42.5 Å². The summed E-state index contributed by atoms with van der Waals surface area (Å²) in [7, 11) is 1.34. The molecule has 3 aromatic rings. The molecule has 20 heavy (non-hydrogen) atoms. The summed E-state index contributed by atoms with van der Waals surface area (Å²) in [5.41, 5.74) is 9.06. The van der Waals surface area contributed by atoms with Crippen LogP contribution < -0.4 is 5.73 Å². The number of nitrogen functional groups attached to an aromatic ring is 1. The van der Waals surface area contributed by atoms with Crippen molar-refractivity contribution < 1.29 is 9.53 Å². The number of nitrogens with two attached hydrogens (primary N) is 1. The standard InChI is InChI=1S/C15H13N3O2/c1-20-15(19)12-9-17-18-13(12)8-7-11(14(18)16)10-5-3-2-4-6-10/h2-9H,16H2,1H3. The zero-order chi connectivity index (χ0) is 14.1. The number of aromatic nitrogens is 2.